The van der Waals surface area contributed by atoms with Crippen LogP contribution < -0.4 is 15.2 Å². The van der Waals surface area contributed by atoms with E-state index in [9.17, 15) is 9.90 Å². The van der Waals surface area contributed by atoms with Gasteiger partial charge in [0.2, 0.25) is 5.91 Å². The van der Waals surface area contributed by atoms with Crippen LogP contribution in [0.5, 0.6) is 11.5 Å². The molecule has 142 valence electrons. The van der Waals surface area contributed by atoms with Gasteiger partial charge >= 0.3 is 0 Å². The number of hydrogen-bond acceptors (Lipinski definition) is 4. The molecule has 5 nitrogen and oxygen atoms in total. The molecule has 0 heterocycles. The van der Waals surface area contributed by atoms with Crippen LogP contribution in [0.3, 0.4) is 0 Å². The van der Waals surface area contributed by atoms with Crippen molar-refractivity contribution in [3.8, 4) is 23.8 Å². The molecule has 0 aliphatic carbocycles. The van der Waals surface area contributed by atoms with Crippen molar-refractivity contribution in [1.29, 1.82) is 0 Å². The highest BCUT2D eigenvalue weighted by Crippen LogP contribution is 2.29. The summed E-state index contributed by atoms with van der Waals surface area (Å²) < 4.78 is 10.8. The third kappa shape index (κ3) is 5.50. The molecule has 0 aromatic heterocycles. The fraction of sp³-hybridized carbons (Fsp3) is 0.318. The fourth-order valence-electron chi connectivity index (χ4n) is 2.86. The van der Waals surface area contributed by atoms with Gasteiger partial charge in [-0.2, -0.15) is 0 Å². The average molecular weight is 367 g/mol. The quantitative estimate of drug-likeness (QED) is 0.667. The first kappa shape index (κ1) is 20.3. The highest BCUT2D eigenvalue weighted by Gasteiger charge is 2.21. The third-order valence-electron chi connectivity index (χ3n) is 4.48. The van der Waals surface area contributed by atoms with Crippen LogP contribution in [0, 0.1) is 12.3 Å². The molecule has 0 radical (unpaired) electrons. The molecule has 1 amide bonds. The fourth-order valence-corrected chi connectivity index (χ4v) is 2.86. The number of ether oxygens (including phenoxy) is 2. The lowest BCUT2D eigenvalue weighted by Gasteiger charge is -2.17. The minimum atomic E-state index is -1.19. The molecule has 0 fully saturated rings. The molecular weight excluding hydrogens is 342 g/mol. The van der Waals surface area contributed by atoms with Gasteiger partial charge in [-0.15, -0.1) is 6.42 Å². The van der Waals surface area contributed by atoms with Crippen molar-refractivity contribution in [2.24, 2.45) is 5.73 Å². The number of carbonyl (C=O) groups is 1. The summed E-state index contributed by atoms with van der Waals surface area (Å²) in [4.78, 5) is 11.2. The lowest BCUT2D eigenvalue weighted by molar-refractivity contribution is -0.126. The van der Waals surface area contributed by atoms with Gasteiger partial charge in [0.1, 0.15) is 12.7 Å². The molecule has 0 bridgehead atoms. The Labute approximate surface area is 160 Å². The van der Waals surface area contributed by atoms with E-state index in [1.54, 1.807) is 14.0 Å². The molecule has 2 aromatic rings. The number of rotatable bonds is 9. The summed E-state index contributed by atoms with van der Waals surface area (Å²) in [5.41, 5.74) is 8.30. The maximum Gasteiger partial charge on any atom is 0.246 e. The predicted molar refractivity (Wildman–Crippen MR) is 105 cm³/mol. The third-order valence-corrected chi connectivity index (χ3v) is 4.48. The minimum absolute atomic E-state index is 0.192. The number of amides is 1. The zero-order valence-corrected chi connectivity index (χ0v) is 15.6. The molecule has 2 aromatic carbocycles. The Morgan fingerprint density at radius 2 is 1.89 bits per heavy atom. The number of methoxy groups -OCH3 is 1. The Bertz CT molecular complexity index is 825. The van der Waals surface area contributed by atoms with E-state index in [0.29, 0.717) is 11.5 Å². The van der Waals surface area contributed by atoms with Crippen LogP contribution in [0.25, 0.3) is 0 Å². The predicted octanol–water partition coefficient (Wildman–Crippen LogP) is 2.44. The van der Waals surface area contributed by atoms with Crippen LogP contribution in [-0.4, -0.2) is 30.8 Å². The number of nitrogens with two attached hydrogens (primary N) is 1. The molecule has 27 heavy (non-hydrogen) atoms. The average Bonchev–Trinajstić information content (AvgIpc) is 2.69. The van der Waals surface area contributed by atoms with Crippen molar-refractivity contribution in [1.82, 2.24) is 0 Å². The van der Waals surface area contributed by atoms with Gasteiger partial charge in [0.25, 0.3) is 0 Å². The van der Waals surface area contributed by atoms with E-state index < -0.39 is 12.0 Å². The van der Waals surface area contributed by atoms with E-state index >= 15 is 0 Å². The highest BCUT2D eigenvalue weighted by molar-refractivity contribution is 5.79. The van der Waals surface area contributed by atoms with Crippen molar-refractivity contribution < 1.29 is 19.4 Å². The zero-order valence-electron chi connectivity index (χ0n) is 15.6. The Morgan fingerprint density at radius 3 is 2.52 bits per heavy atom. The van der Waals surface area contributed by atoms with E-state index in [-0.39, 0.29) is 12.5 Å². The van der Waals surface area contributed by atoms with Gasteiger partial charge in [-0.05, 0) is 41.7 Å². The number of aliphatic hydroxyl groups is 1. The Balaban J connectivity index is 2.07. The molecule has 2 atom stereocenters. The van der Waals surface area contributed by atoms with Crippen molar-refractivity contribution in [2.75, 3.05) is 13.7 Å². The first-order valence-electron chi connectivity index (χ1n) is 8.75. The number of primary amides is 1. The standard InChI is InChI=1S/C22H25NO4/c1-4-12-27-19-11-10-17(14-20(19)26-3)9-8-16-6-5-7-18(13-16)15(2)21(24)22(23)25/h1,5-7,10-11,13-15,21,24H,8-9,12H2,2-3H3,(H2,23,25). The van der Waals surface area contributed by atoms with Crippen LogP contribution >= 0.6 is 0 Å². The summed E-state index contributed by atoms with van der Waals surface area (Å²) >= 11 is 0. The topological polar surface area (TPSA) is 81.8 Å². The smallest absolute Gasteiger partial charge is 0.246 e. The van der Waals surface area contributed by atoms with Crippen molar-refractivity contribution >= 4 is 5.91 Å². The summed E-state index contributed by atoms with van der Waals surface area (Å²) in [6.45, 7) is 1.98. The first-order valence-corrected chi connectivity index (χ1v) is 8.75. The second kappa shape index (κ2) is 9.65. The number of hydrogen-bond donors (Lipinski definition) is 2. The zero-order chi connectivity index (χ0) is 19.8. The van der Waals surface area contributed by atoms with E-state index in [1.165, 1.54) is 0 Å². The molecular formula is C22H25NO4. The van der Waals surface area contributed by atoms with Gasteiger partial charge in [0.15, 0.2) is 11.5 Å². The van der Waals surface area contributed by atoms with Gasteiger partial charge < -0.3 is 20.3 Å². The molecule has 0 spiro atoms. The molecule has 0 aliphatic rings. The van der Waals surface area contributed by atoms with Gasteiger partial charge in [-0.25, -0.2) is 0 Å². The largest absolute Gasteiger partial charge is 0.493 e. The van der Waals surface area contributed by atoms with Crippen molar-refractivity contribution in [2.45, 2.75) is 31.8 Å². The van der Waals surface area contributed by atoms with E-state index in [0.717, 1.165) is 29.5 Å². The van der Waals surface area contributed by atoms with Gasteiger partial charge in [0, 0.05) is 5.92 Å². The second-order valence-electron chi connectivity index (χ2n) is 6.36. The minimum Gasteiger partial charge on any atom is -0.493 e. The van der Waals surface area contributed by atoms with Gasteiger partial charge in [0.05, 0.1) is 7.11 Å². The Kier molecular flexibility index (Phi) is 7.27. The van der Waals surface area contributed by atoms with Gasteiger partial charge in [-0.1, -0.05) is 43.2 Å². The van der Waals surface area contributed by atoms with Crippen molar-refractivity contribution in [3.63, 3.8) is 0 Å². The van der Waals surface area contributed by atoms with E-state index in [1.807, 2.05) is 42.5 Å². The maximum atomic E-state index is 11.2. The molecule has 0 saturated heterocycles. The molecule has 0 aliphatic heterocycles. The maximum absolute atomic E-state index is 11.2. The summed E-state index contributed by atoms with van der Waals surface area (Å²) in [5.74, 6) is 2.63. The van der Waals surface area contributed by atoms with Crippen LogP contribution in [0.4, 0.5) is 0 Å². The summed E-state index contributed by atoms with van der Waals surface area (Å²) in [6.07, 6.45) is 5.64. The SMILES string of the molecule is C#CCOc1ccc(CCc2cccc(C(C)C(O)C(N)=O)c2)cc1OC. The first-order chi connectivity index (χ1) is 13.0. The monoisotopic (exact) mass is 367 g/mol. The van der Waals surface area contributed by atoms with Crippen LogP contribution in [0.2, 0.25) is 0 Å². The summed E-state index contributed by atoms with van der Waals surface area (Å²) in [7, 11) is 1.59. The van der Waals surface area contributed by atoms with E-state index in [2.05, 4.69) is 5.92 Å². The number of terminal acetylenes is 1. The highest BCUT2D eigenvalue weighted by atomic mass is 16.5. The number of benzene rings is 2. The number of aliphatic hydroxyl groups excluding tert-OH is 1. The van der Waals surface area contributed by atoms with E-state index in [4.69, 9.17) is 21.6 Å². The summed E-state index contributed by atoms with van der Waals surface area (Å²) in [5, 5.41) is 9.88. The normalized spacial score (nSPS) is 12.7. The number of aryl methyl sites for hydroxylation is 2. The molecule has 5 heteroatoms. The van der Waals surface area contributed by atoms with Crippen LogP contribution in [-0.2, 0) is 17.6 Å². The van der Waals surface area contributed by atoms with Crippen LogP contribution in [0.15, 0.2) is 42.5 Å². The lowest BCUT2D eigenvalue weighted by atomic mass is 9.92. The Morgan fingerprint density at radius 1 is 1.19 bits per heavy atom. The van der Waals surface area contributed by atoms with Gasteiger partial charge in [-0.3, -0.25) is 4.79 Å². The lowest BCUT2D eigenvalue weighted by Crippen LogP contribution is -2.32. The Hall–Kier alpha value is -2.97. The molecule has 3 N–H and O–H groups in total. The summed E-state index contributed by atoms with van der Waals surface area (Å²) in [6, 6.07) is 13.6. The number of carbonyl (C=O) groups excluding carboxylic acids is 1. The molecule has 2 rings (SSSR count). The second-order valence-corrected chi connectivity index (χ2v) is 6.36. The van der Waals surface area contributed by atoms with Crippen LogP contribution in [0.1, 0.15) is 29.5 Å². The molecule has 2 unspecified atom stereocenters. The van der Waals surface area contributed by atoms with Crippen molar-refractivity contribution in [3.05, 3.63) is 59.2 Å². The molecule has 0 saturated carbocycles.